The number of carbonyl (C=O) groups is 2. The van der Waals surface area contributed by atoms with Crippen LogP contribution in [0, 0.1) is 0 Å². The molecule has 1 aromatic heterocycles. The topological polar surface area (TPSA) is 67.2 Å². The molecule has 35 heavy (non-hydrogen) atoms. The summed E-state index contributed by atoms with van der Waals surface area (Å²) in [5.74, 6) is 0.938. The molecule has 0 fully saturated rings. The van der Waals surface area contributed by atoms with Crippen molar-refractivity contribution in [2.75, 3.05) is 18.0 Å². The van der Waals surface area contributed by atoms with Gasteiger partial charge in [0.25, 0.3) is 5.91 Å². The number of aromatic nitrogens is 2. The van der Waals surface area contributed by atoms with E-state index in [1.54, 1.807) is 0 Å². The summed E-state index contributed by atoms with van der Waals surface area (Å²) in [5.41, 5.74) is 3.48. The van der Waals surface area contributed by atoms with Crippen LogP contribution in [0.4, 0.5) is 5.69 Å². The summed E-state index contributed by atoms with van der Waals surface area (Å²) < 4.78 is 2.06. The van der Waals surface area contributed by atoms with E-state index in [9.17, 15) is 9.59 Å². The van der Waals surface area contributed by atoms with Crippen LogP contribution in [0.2, 0.25) is 0 Å². The molecule has 180 valence electrons. The fourth-order valence-corrected chi connectivity index (χ4v) is 4.30. The largest absolute Gasteiger partial charge is 0.352 e. The highest BCUT2D eigenvalue weighted by molar-refractivity contribution is 5.94. The Bertz CT molecular complexity index is 1250. The molecule has 6 heteroatoms. The summed E-state index contributed by atoms with van der Waals surface area (Å²) in [7, 11) is 0. The van der Waals surface area contributed by atoms with Gasteiger partial charge in [-0.05, 0) is 56.2 Å². The molecule has 0 bridgehead atoms. The second kappa shape index (κ2) is 12.0. The first kappa shape index (κ1) is 24.2. The van der Waals surface area contributed by atoms with Crippen molar-refractivity contribution in [1.82, 2.24) is 14.9 Å². The van der Waals surface area contributed by atoms with Crippen molar-refractivity contribution in [3.05, 3.63) is 96.3 Å². The molecule has 3 aromatic carbocycles. The monoisotopic (exact) mass is 468 g/mol. The lowest BCUT2D eigenvalue weighted by molar-refractivity contribution is -0.119. The lowest BCUT2D eigenvalue weighted by Crippen LogP contribution is -2.34. The van der Waals surface area contributed by atoms with Crippen molar-refractivity contribution < 1.29 is 9.59 Å². The second-order valence-corrected chi connectivity index (χ2v) is 8.51. The van der Waals surface area contributed by atoms with Crippen molar-refractivity contribution >= 4 is 28.5 Å². The molecule has 1 heterocycles. The van der Waals surface area contributed by atoms with Gasteiger partial charge in [0.1, 0.15) is 12.4 Å². The number of para-hydroxylation sites is 3. The molecule has 0 unspecified atom stereocenters. The van der Waals surface area contributed by atoms with Crippen molar-refractivity contribution in [3.8, 4) is 0 Å². The van der Waals surface area contributed by atoms with Crippen LogP contribution in [-0.2, 0) is 17.8 Å². The van der Waals surface area contributed by atoms with Crippen LogP contribution in [0.3, 0.4) is 0 Å². The van der Waals surface area contributed by atoms with Crippen molar-refractivity contribution in [2.24, 2.45) is 0 Å². The Morgan fingerprint density at radius 3 is 2.29 bits per heavy atom. The fourth-order valence-electron chi connectivity index (χ4n) is 4.30. The van der Waals surface area contributed by atoms with Gasteiger partial charge in [-0.3, -0.25) is 9.59 Å². The first-order chi connectivity index (χ1) is 17.2. The Hall–Kier alpha value is -3.93. The highest BCUT2D eigenvalue weighted by atomic mass is 16.2. The number of benzene rings is 3. The molecule has 0 saturated heterocycles. The molecule has 4 rings (SSSR count). The number of nitrogens with zero attached hydrogens (tertiary/aromatic N) is 3. The van der Waals surface area contributed by atoms with Crippen molar-refractivity contribution in [1.29, 1.82) is 0 Å². The van der Waals surface area contributed by atoms with E-state index < -0.39 is 0 Å². The summed E-state index contributed by atoms with van der Waals surface area (Å²) >= 11 is 0. The number of carbonyl (C=O) groups excluding carboxylic acids is 2. The summed E-state index contributed by atoms with van der Waals surface area (Å²) in [5, 5.41) is 2.98. The molecule has 1 N–H and O–H groups in total. The molecule has 0 radical (unpaired) electrons. The molecule has 4 aromatic rings. The fraction of sp³-hybridized carbons (Fsp3) is 0.276. The van der Waals surface area contributed by atoms with Crippen LogP contribution in [-0.4, -0.2) is 34.5 Å². The average molecular weight is 469 g/mol. The van der Waals surface area contributed by atoms with Gasteiger partial charge in [-0.25, -0.2) is 4.98 Å². The highest BCUT2D eigenvalue weighted by Crippen LogP contribution is 2.20. The van der Waals surface area contributed by atoms with E-state index in [0.717, 1.165) is 48.2 Å². The zero-order chi connectivity index (χ0) is 24.5. The second-order valence-electron chi connectivity index (χ2n) is 8.51. The van der Waals surface area contributed by atoms with E-state index in [4.69, 9.17) is 4.98 Å². The smallest absolute Gasteiger partial charge is 0.251 e. The van der Waals surface area contributed by atoms with Crippen LogP contribution in [0.15, 0.2) is 84.9 Å². The van der Waals surface area contributed by atoms with E-state index in [2.05, 4.69) is 9.88 Å². The number of amides is 2. The lowest BCUT2D eigenvalue weighted by atomic mass is 10.1. The normalized spacial score (nSPS) is 10.9. The highest BCUT2D eigenvalue weighted by Gasteiger charge is 2.18. The Labute approximate surface area is 206 Å². The number of likely N-dealkylation sites (N-methyl/N-ethyl adjacent to an activating group) is 1. The minimum absolute atomic E-state index is 0.0372. The molecular weight excluding hydrogens is 436 g/mol. The first-order valence-corrected chi connectivity index (χ1v) is 12.3. The average Bonchev–Trinajstić information content (AvgIpc) is 3.24. The van der Waals surface area contributed by atoms with E-state index in [-0.39, 0.29) is 18.4 Å². The van der Waals surface area contributed by atoms with Crippen LogP contribution in [0.5, 0.6) is 0 Å². The number of fused-ring (bicyclic) bond motifs is 1. The third-order valence-corrected chi connectivity index (χ3v) is 6.11. The zero-order valence-electron chi connectivity index (χ0n) is 20.2. The molecule has 0 atom stereocenters. The van der Waals surface area contributed by atoms with Crippen LogP contribution >= 0.6 is 0 Å². The summed E-state index contributed by atoms with van der Waals surface area (Å²) in [6.07, 6.45) is 3.59. The van der Waals surface area contributed by atoms with Gasteiger partial charge >= 0.3 is 0 Å². The predicted octanol–water partition coefficient (Wildman–Crippen LogP) is 5.23. The number of nitrogens with one attached hydrogen (secondary N) is 1. The molecule has 0 spiro atoms. The third kappa shape index (κ3) is 6.15. The molecule has 2 amide bonds. The van der Waals surface area contributed by atoms with Crippen LogP contribution < -0.4 is 10.2 Å². The SMILES string of the molecule is CCN(C(=O)Cn1c(CCCCCNC(=O)c2ccccc2)nc2ccccc21)c1ccccc1. The zero-order valence-corrected chi connectivity index (χ0v) is 20.2. The molecule has 0 saturated carbocycles. The van der Waals surface area contributed by atoms with Gasteiger partial charge in [-0.15, -0.1) is 0 Å². The Kier molecular flexibility index (Phi) is 8.28. The number of anilines is 1. The number of hydrogen-bond acceptors (Lipinski definition) is 3. The van der Waals surface area contributed by atoms with Crippen LogP contribution in [0.25, 0.3) is 11.0 Å². The van der Waals surface area contributed by atoms with E-state index in [1.807, 2.05) is 96.8 Å². The maximum atomic E-state index is 13.3. The lowest BCUT2D eigenvalue weighted by Gasteiger charge is -2.22. The summed E-state index contributed by atoms with van der Waals surface area (Å²) in [6, 6.07) is 27.0. The Morgan fingerprint density at radius 1 is 0.857 bits per heavy atom. The van der Waals surface area contributed by atoms with Gasteiger partial charge in [-0.1, -0.05) is 55.0 Å². The van der Waals surface area contributed by atoms with Gasteiger partial charge in [0.05, 0.1) is 11.0 Å². The van der Waals surface area contributed by atoms with E-state index in [0.29, 0.717) is 18.7 Å². The summed E-state index contributed by atoms with van der Waals surface area (Å²) in [4.78, 5) is 32.1. The maximum Gasteiger partial charge on any atom is 0.251 e. The van der Waals surface area contributed by atoms with Gasteiger partial charge in [0.2, 0.25) is 5.91 Å². The number of rotatable bonds is 11. The van der Waals surface area contributed by atoms with Gasteiger partial charge in [-0.2, -0.15) is 0 Å². The summed E-state index contributed by atoms with van der Waals surface area (Å²) in [6.45, 7) is 3.50. The minimum Gasteiger partial charge on any atom is -0.352 e. The Balaban J connectivity index is 1.36. The molecule has 0 aliphatic heterocycles. The van der Waals surface area contributed by atoms with Crippen LogP contribution in [0.1, 0.15) is 42.4 Å². The van der Waals surface area contributed by atoms with Gasteiger partial charge in [0.15, 0.2) is 0 Å². The number of unbranched alkanes of at least 4 members (excludes halogenated alkanes) is 2. The molecular formula is C29H32N4O2. The standard InChI is InChI=1S/C29H32N4O2/c1-2-32(24-16-8-4-9-17-24)28(34)22-33-26-19-12-11-18-25(26)31-27(33)20-10-5-13-21-30-29(35)23-14-6-3-7-15-23/h3-4,6-9,11-12,14-19H,2,5,10,13,20-22H2,1H3,(H,30,35). The van der Waals surface area contributed by atoms with E-state index >= 15 is 0 Å². The number of imidazole rings is 1. The molecule has 0 aliphatic carbocycles. The molecule has 6 nitrogen and oxygen atoms in total. The first-order valence-electron chi connectivity index (χ1n) is 12.3. The maximum absolute atomic E-state index is 13.3. The Morgan fingerprint density at radius 2 is 1.54 bits per heavy atom. The number of aryl methyl sites for hydroxylation is 1. The van der Waals surface area contributed by atoms with Crippen molar-refractivity contribution in [2.45, 2.75) is 39.2 Å². The minimum atomic E-state index is -0.0372. The molecule has 0 aliphatic rings. The van der Waals surface area contributed by atoms with Crippen molar-refractivity contribution in [3.63, 3.8) is 0 Å². The number of hydrogen-bond donors (Lipinski definition) is 1. The van der Waals surface area contributed by atoms with Gasteiger partial charge < -0.3 is 14.8 Å². The van der Waals surface area contributed by atoms with E-state index in [1.165, 1.54) is 0 Å². The van der Waals surface area contributed by atoms with Gasteiger partial charge in [0, 0.05) is 30.8 Å². The predicted molar refractivity (Wildman–Crippen MR) is 141 cm³/mol. The quantitative estimate of drug-likeness (QED) is 0.307. The third-order valence-electron chi connectivity index (χ3n) is 6.11.